The highest BCUT2D eigenvalue weighted by molar-refractivity contribution is 6.24. The highest BCUT2D eigenvalue weighted by Gasteiger charge is 2.45. The van der Waals surface area contributed by atoms with Crippen LogP contribution in [0.1, 0.15) is 63.6 Å². The number of aromatic nitrogens is 2. The number of nitrogens with two attached hydrogens (primary N) is 1. The quantitative estimate of drug-likeness (QED) is 0.601. The topological polar surface area (TPSA) is 141 Å². The van der Waals surface area contributed by atoms with E-state index in [0.717, 1.165) is 42.1 Å². The fourth-order valence-corrected chi connectivity index (χ4v) is 5.02. The van der Waals surface area contributed by atoms with Crippen LogP contribution in [-0.4, -0.2) is 62.8 Å². The molecule has 10 nitrogen and oxygen atoms in total. The number of hydrogen-bond donors (Lipinski definition) is 3. The van der Waals surface area contributed by atoms with Gasteiger partial charge in [-0.3, -0.25) is 39.4 Å². The van der Waals surface area contributed by atoms with Crippen molar-refractivity contribution in [1.29, 1.82) is 0 Å². The van der Waals surface area contributed by atoms with Crippen LogP contribution in [-0.2, 0) is 16.1 Å². The summed E-state index contributed by atoms with van der Waals surface area (Å²) in [5.74, 6) is -1.72. The average Bonchev–Trinajstić information content (AvgIpc) is 3.31. The molecular weight excluding hydrogens is 412 g/mol. The summed E-state index contributed by atoms with van der Waals surface area (Å²) < 4.78 is 0. The number of anilines is 1. The van der Waals surface area contributed by atoms with Crippen molar-refractivity contribution in [3.05, 3.63) is 46.8 Å². The number of imide groups is 2. The number of amides is 4. The van der Waals surface area contributed by atoms with E-state index >= 15 is 0 Å². The van der Waals surface area contributed by atoms with E-state index < -0.39 is 23.8 Å². The molecule has 3 aliphatic rings. The van der Waals surface area contributed by atoms with Gasteiger partial charge in [-0.1, -0.05) is 12.1 Å². The number of nitrogen functional groups attached to an aromatic ring is 1. The molecule has 2 aromatic rings. The van der Waals surface area contributed by atoms with E-state index in [9.17, 15) is 19.2 Å². The third-order valence-electron chi connectivity index (χ3n) is 6.56. The molecule has 1 aromatic heterocycles. The SMILES string of the molecule is Nc1cn[nH]c1C1CCCN(Cc2cccc3c2C(=O)N(C2CCC(=O)NC2=O)C3=O)C1. The minimum absolute atomic E-state index is 0.0998. The van der Waals surface area contributed by atoms with Gasteiger partial charge in [0.05, 0.1) is 28.7 Å². The number of H-pyrrole nitrogens is 1. The molecule has 1 aromatic carbocycles. The van der Waals surface area contributed by atoms with Crippen molar-refractivity contribution in [2.45, 2.75) is 44.2 Å². The fourth-order valence-electron chi connectivity index (χ4n) is 5.02. The Hall–Kier alpha value is -3.53. The molecule has 5 rings (SSSR count). The van der Waals surface area contributed by atoms with Crippen LogP contribution in [0.25, 0.3) is 0 Å². The lowest BCUT2D eigenvalue weighted by Crippen LogP contribution is -2.54. The highest BCUT2D eigenvalue weighted by Crippen LogP contribution is 2.33. The Morgan fingerprint density at radius 1 is 1.12 bits per heavy atom. The predicted molar refractivity (Wildman–Crippen MR) is 113 cm³/mol. The van der Waals surface area contributed by atoms with Gasteiger partial charge in [0, 0.05) is 25.4 Å². The third kappa shape index (κ3) is 3.36. The van der Waals surface area contributed by atoms with Crippen LogP contribution < -0.4 is 11.1 Å². The number of nitrogens with zero attached hydrogens (tertiary/aromatic N) is 3. The Bertz CT molecular complexity index is 1130. The standard InChI is InChI=1S/C22H24N6O4/c23-15-9-24-26-19(15)13-4-2-8-27(11-13)10-12-3-1-5-14-18(12)22(32)28(21(14)31)16-6-7-17(29)25-20(16)30/h1,3,5,9,13,16H,2,4,6-8,10-11,23H2,(H,24,26)(H,25,29,30). The summed E-state index contributed by atoms with van der Waals surface area (Å²) in [6, 6.07) is 4.28. The zero-order valence-electron chi connectivity index (χ0n) is 17.5. The molecule has 0 radical (unpaired) electrons. The monoisotopic (exact) mass is 436 g/mol. The Kier molecular flexibility index (Phi) is 5.01. The molecule has 10 heteroatoms. The number of carbonyl (C=O) groups is 4. The van der Waals surface area contributed by atoms with E-state index in [0.29, 0.717) is 23.4 Å². The van der Waals surface area contributed by atoms with E-state index in [4.69, 9.17) is 5.73 Å². The summed E-state index contributed by atoms with van der Waals surface area (Å²) in [6.45, 7) is 2.14. The Labute approximate surface area is 184 Å². The molecule has 32 heavy (non-hydrogen) atoms. The van der Waals surface area contributed by atoms with Gasteiger partial charge < -0.3 is 5.73 Å². The average molecular weight is 436 g/mol. The van der Waals surface area contributed by atoms with Gasteiger partial charge in [-0.05, 0) is 37.4 Å². The van der Waals surface area contributed by atoms with Gasteiger partial charge in [0.1, 0.15) is 6.04 Å². The minimum Gasteiger partial charge on any atom is -0.396 e. The number of nitrogens with one attached hydrogen (secondary N) is 2. The summed E-state index contributed by atoms with van der Waals surface area (Å²) in [5, 5.41) is 9.25. The molecule has 0 bridgehead atoms. The molecule has 2 atom stereocenters. The van der Waals surface area contributed by atoms with Crippen molar-refractivity contribution in [2.75, 3.05) is 18.8 Å². The number of benzene rings is 1. The summed E-state index contributed by atoms with van der Waals surface area (Å²) >= 11 is 0. The van der Waals surface area contributed by atoms with E-state index in [1.54, 1.807) is 18.3 Å². The number of fused-ring (bicyclic) bond motifs is 1. The van der Waals surface area contributed by atoms with Gasteiger partial charge in [-0.25, -0.2) is 0 Å². The van der Waals surface area contributed by atoms with Gasteiger partial charge in [0.25, 0.3) is 11.8 Å². The zero-order chi connectivity index (χ0) is 22.4. The van der Waals surface area contributed by atoms with Crippen molar-refractivity contribution >= 4 is 29.3 Å². The minimum atomic E-state index is -0.962. The lowest BCUT2D eigenvalue weighted by Gasteiger charge is -2.32. The second-order valence-electron chi connectivity index (χ2n) is 8.60. The molecule has 2 saturated heterocycles. The zero-order valence-corrected chi connectivity index (χ0v) is 17.5. The number of aromatic amines is 1. The maximum absolute atomic E-state index is 13.3. The largest absolute Gasteiger partial charge is 0.396 e. The highest BCUT2D eigenvalue weighted by atomic mass is 16.2. The summed E-state index contributed by atoms with van der Waals surface area (Å²) in [6.07, 6.45) is 3.84. The number of likely N-dealkylation sites (tertiary alicyclic amines) is 1. The van der Waals surface area contributed by atoms with E-state index in [2.05, 4.69) is 20.4 Å². The first-order valence-electron chi connectivity index (χ1n) is 10.8. The molecule has 0 spiro atoms. The van der Waals surface area contributed by atoms with Gasteiger partial charge in [0.15, 0.2) is 0 Å². The molecule has 4 N–H and O–H groups in total. The molecule has 0 saturated carbocycles. The first kappa shape index (κ1) is 20.4. The molecule has 2 unspecified atom stereocenters. The van der Waals surface area contributed by atoms with Crippen molar-refractivity contribution in [3.8, 4) is 0 Å². The number of rotatable bonds is 4. The van der Waals surface area contributed by atoms with Crippen molar-refractivity contribution in [3.63, 3.8) is 0 Å². The second-order valence-corrected chi connectivity index (χ2v) is 8.60. The van der Waals surface area contributed by atoms with E-state index in [-0.39, 0.29) is 24.7 Å². The molecular formula is C22H24N6O4. The van der Waals surface area contributed by atoms with Crippen LogP contribution >= 0.6 is 0 Å². The predicted octanol–water partition coefficient (Wildman–Crippen LogP) is 0.773. The van der Waals surface area contributed by atoms with Crippen LogP contribution in [0.5, 0.6) is 0 Å². The van der Waals surface area contributed by atoms with E-state index in [1.165, 1.54) is 0 Å². The lowest BCUT2D eigenvalue weighted by molar-refractivity contribution is -0.136. The molecule has 2 fully saturated rings. The van der Waals surface area contributed by atoms with Gasteiger partial charge >= 0.3 is 0 Å². The van der Waals surface area contributed by atoms with Crippen molar-refractivity contribution < 1.29 is 19.2 Å². The van der Waals surface area contributed by atoms with Crippen LogP contribution in [0.2, 0.25) is 0 Å². The first-order chi connectivity index (χ1) is 15.4. The summed E-state index contributed by atoms with van der Waals surface area (Å²) in [5.41, 5.74) is 9.03. The molecule has 0 aliphatic carbocycles. The number of piperidine rings is 2. The number of carbonyl (C=O) groups excluding carboxylic acids is 4. The van der Waals surface area contributed by atoms with Gasteiger partial charge in [-0.2, -0.15) is 5.10 Å². The Morgan fingerprint density at radius 3 is 2.72 bits per heavy atom. The Balaban J connectivity index is 1.38. The van der Waals surface area contributed by atoms with E-state index in [1.807, 2.05) is 6.07 Å². The fraction of sp³-hybridized carbons (Fsp3) is 0.409. The summed E-state index contributed by atoms with van der Waals surface area (Å²) in [7, 11) is 0. The molecule has 166 valence electrons. The normalized spacial score (nSPS) is 24.1. The first-order valence-corrected chi connectivity index (χ1v) is 10.8. The second kappa shape index (κ2) is 7.86. The third-order valence-corrected chi connectivity index (χ3v) is 6.56. The lowest BCUT2D eigenvalue weighted by atomic mass is 9.93. The molecule has 3 aliphatic heterocycles. The maximum Gasteiger partial charge on any atom is 0.262 e. The Morgan fingerprint density at radius 2 is 1.97 bits per heavy atom. The van der Waals surface area contributed by atoms with Gasteiger partial charge in [0.2, 0.25) is 11.8 Å². The van der Waals surface area contributed by atoms with Gasteiger partial charge in [-0.15, -0.1) is 0 Å². The van der Waals surface area contributed by atoms with Crippen LogP contribution in [0, 0.1) is 0 Å². The van der Waals surface area contributed by atoms with Crippen LogP contribution in [0.4, 0.5) is 5.69 Å². The van der Waals surface area contributed by atoms with Crippen LogP contribution in [0.15, 0.2) is 24.4 Å². The smallest absolute Gasteiger partial charge is 0.262 e. The maximum atomic E-state index is 13.3. The van der Waals surface area contributed by atoms with Crippen molar-refractivity contribution in [1.82, 2.24) is 25.3 Å². The number of hydrogen-bond acceptors (Lipinski definition) is 7. The van der Waals surface area contributed by atoms with Crippen LogP contribution in [0.3, 0.4) is 0 Å². The molecule has 4 heterocycles. The van der Waals surface area contributed by atoms with Crippen molar-refractivity contribution in [2.24, 2.45) is 0 Å². The summed E-state index contributed by atoms with van der Waals surface area (Å²) in [4.78, 5) is 53.4. The molecule has 4 amide bonds.